The fourth-order valence-corrected chi connectivity index (χ4v) is 3.85. The van der Waals surface area contributed by atoms with Crippen molar-refractivity contribution in [2.45, 2.75) is 20.4 Å². The number of fused-ring (bicyclic) bond motifs is 1. The van der Waals surface area contributed by atoms with E-state index in [1.165, 1.54) is 0 Å². The third-order valence-corrected chi connectivity index (χ3v) is 5.45. The van der Waals surface area contributed by atoms with Gasteiger partial charge in [0.1, 0.15) is 16.0 Å². The van der Waals surface area contributed by atoms with Gasteiger partial charge in [-0.15, -0.1) is 0 Å². The van der Waals surface area contributed by atoms with Crippen molar-refractivity contribution >= 4 is 32.7 Å². The lowest BCUT2D eigenvalue weighted by atomic mass is 10.1. The fourth-order valence-electron chi connectivity index (χ4n) is 3.37. The molecule has 0 fully saturated rings. The lowest BCUT2D eigenvalue weighted by Crippen LogP contribution is -2.06. The Morgan fingerprint density at radius 3 is 2.68 bits per heavy atom. The van der Waals surface area contributed by atoms with Gasteiger partial charge in [-0.1, -0.05) is 12.1 Å². The standard InChI is InChI=1S/C21H20BrN5O/c1-12-10-24-17(13(2)18(12)28-3)11-27-9-8-15-19(22)25-20(26-21(15)27)14-6-4-5-7-16(14)23/h4-10H,11,23H2,1-3H3. The second kappa shape index (κ2) is 7.24. The smallest absolute Gasteiger partial charge is 0.164 e. The van der Waals surface area contributed by atoms with Crippen LogP contribution >= 0.6 is 15.9 Å². The molecule has 142 valence electrons. The first-order chi connectivity index (χ1) is 13.5. The number of nitrogen functional groups attached to an aromatic ring is 1. The van der Waals surface area contributed by atoms with Gasteiger partial charge in [0.25, 0.3) is 0 Å². The molecule has 28 heavy (non-hydrogen) atoms. The van der Waals surface area contributed by atoms with E-state index in [2.05, 4.69) is 30.5 Å². The van der Waals surface area contributed by atoms with Gasteiger partial charge in [-0.3, -0.25) is 4.98 Å². The topological polar surface area (TPSA) is 78.8 Å². The van der Waals surface area contributed by atoms with E-state index in [9.17, 15) is 0 Å². The molecule has 0 unspecified atom stereocenters. The molecular formula is C21H20BrN5O. The number of hydrogen-bond acceptors (Lipinski definition) is 5. The van der Waals surface area contributed by atoms with E-state index in [4.69, 9.17) is 15.5 Å². The second-order valence-corrected chi connectivity index (χ2v) is 7.40. The number of nitrogens with two attached hydrogens (primary N) is 1. The van der Waals surface area contributed by atoms with Gasteiger partial charge in [-0.2, -0.15) is 0 Å². The van der Waals surface area contributed by atoms with Crippen molar-refractivity contribution in [2.24, 2.45) is 0 Å². The van der Waals surface area contributed by atoms with Crippen molar-refractivity contribution in [1.29, 1.82) is 0 Å². The van der Waals surface area contributed by atoms with Gasteiger partial charge in [0, 0.05) is 34.8 Å². The Balaban J connectivity index is 1.82. The third-order valence-electron chi connectivity index (χ3n) is 4.84. The predicted octanol–water partition coefficient (Wildman–Crippen LogP) is 4.51. The van der Waals surface area contributed by atoms with Crippen molar-refractivity contribution in [1.82, 2.24) is 19.5 Å². The number of nitrogens with zero attached hydrogens (tertiary/aromatic N) is 4. The zero-order chi connectivity index (χ0) is 19.8. The summed E-state index contributed by atoms with van der Waals surface area (Å²) >= 11 is 3.57. The molecule has 0 amide bonds. The molecule has 3 aromatic heterocycles. The number of anilines is 1. The van der Waals surface area contributed by atoms with Gasteiger partial charge in [-0.25, -0.2) is 9.97 Å². The largest absolute Gasteiger partial charge is 0.496 e. The Morgan fingerprint density at radius 1 is 1.14 bits per heavy atom. The Morgan fingerprint density at radius 2 is 1.93 bits per heavy atom. The predicted molar refractivity (Wildman–Crippen MR) is 114 cm³/mol. The summed E-state index contributed by atoms with van der Waals surface area (Å²) in [7, 11) is 1.69. The van der Waals surface area contributed by atoms with E-state index in [1.807, 2.05) is 56.6 Å². The van der Waals surface area contributed by atoms with E-state index in [0.29, 0.717) is 18.1 Å². The molecule has 0 bridgehead atoms. The number of aryl methyl sites for hydroxylation is 1. The molecule has 7 heteroatoms. The Bertz CT molecular complexity index is 1190. The van der Waals surface area contributed by atoms with E-state index >= 15 is 0 Å². The van der Waals surface area contributed by atoms with Gasteiger partial charge in [-0.05, 0) is 48.0 Å². The molecule has 4 rings (SSSR count). The first-order valence-corrected chi connectivity index (χ1v) is 9.65. The number of ether oxygens (including phenoxy) is 1. The number of halogens is 1. The average molecular weight is 438 g/mol. The third kappa shape index (κ3) is 3.11. The van der Waals surface area contributed by atoms with Crippen LogP contribution in [0.4, 0.5) is 5.69 Å². The summed E-state index contributed by atoms with van der Waals surface area (Å²) in [5.41, 5.74) is 11.4. The Kier molecular flexibility index (Phi) is 4.77. The summed E-state index contributed by atoms with van der Waals surface area (Å²) in [6.07, 6.45) is 3.84. The van der Waals surface area contributed by atoms with Crippen LogP contribution < -0.4 is 10.5 Å². The molecule has 0 aliphatic rings. The monoisotopic (exact) mass is 437 g/mol. The van der Waals surface area contributed by atoms with E-state index in [1.54, 1.807) is 7.11 Å². The molecule has 0 radical (unpaired) electrons. The lowest BCUT2D eigenvalue weighted by Gasteiger charge is -2.13. The fraction of sp³-hybridized carbons (Fsp3) is 0.190. The minimum Gasteiger partial charge on any atom is -0.496 e. The molecule has 3 heterocycles. The van der Waals surface area contributed by atoms with Crippen LogP contribution in [0.25, 0.3) is 22.4 Å². The summed E-state index contributed by atoms with van der Waals surface area (Å²) in [5.74, 6) is 1.46. The number of benzene rings is 1. The zero-order valence-electron chi connectivity index (χ0n) is 15.9. The van der Waals surface area contributed by atoms with Gasteiger partial charge in [0.2, 0.25) is 0 Å². The molecule has 0 aliphatic heterocycles. The molecule has 0 spiro atoms. The van der Waals surface area contributed by atoms with Crippen molar-refractivity contribution < 1.29 is 4.74 Å². The molecule has 6 nitrogen and oxygen atoms in total. The summed E-state index contributed by atoms with van der Waals surface area (Å²) in [4.78, 5) is 14.0. The van der Waals surface area contributed by atoms with Crippen LogP contribution in [0, 0.1) is 13.8 Å². The highest BCUT2D eigenvalue weighted by atomic mass is 79.9. The van der Waals surface area contributed by atoms with Gasteiger partial charge in [0.05, 0.1) is 24.7 Å². The molecule has 0 saturated heterocycles. The van der Waals surface area contributed by atoms with E-state index in [0.717, 1.165) is 43.8 Å². The van der Waals surface area contributed by atoms with Gasteiger partial charge < -0.3 is 15.0 Å². The number of pyridine rings is 1. The van der Waals surface area contributed by atoms with Crippen LogP contribution in [0.3, 0.4) is 0 Å². The Labute approximate surface area is 171 Å². The van der Waals surface area contributed by atoms with Crippen molar-refractivity contribution in [3.8, 4) is 17.1 Å². The van der Waals surface area contributed by atoms with Crippen LogP contribution in [-0.4, -0.2) is 26.6 Å². The SMILES string of the molecule is COc1c(C)cnc(Cn2ccc3c(Br)nc(-c4ccccc4N)nc32)c1C. The summed E-state index contributed by atoms with van der Waals surface area (Å²) in [6.45, 7) is 4.61. The number of aromatic nitrogens is 4. The summed E-state index contributed by atoms with van der Waals surface area (Å²) in [5, 5.41) is 0.940. The minimum absolute atomic E-state index is 0.582. The maximum Gasteiger partial charge on any atom is 0.164 e. The van der Waals surface area contributed by atoms with Crippen molar-refractivity contribution in [2.75, 3.05) is 12.8 Å². The highest BCUT2D eigenvalue weighted by molar-refractivity contribution is 9.10. The minimum atomic E-state index is 0.582. The highest BCUT2D eigenvalue weighted by Crippen LogP contribution is 2.30. The summed E-state index contributed by atoms with van der Waals surface area (Å²) < 4.78 is 8.34. The van der Waals surface area contributed by atoms with E-state index < -0.39 is 0 Å². The zero-order valence-corrected chi connectivity index (χ0v) is 17.5. The Hall–Kier alpha value is -2.93. The molecular weight excluding hydrogens is 418 g/mol. The first kappa shape index (κ1) is 18.4. The quantitative estimate of drug-likeness (QED) is 0.375. The van der Waals surface area contributed by atoms with Crippen molar-refractivity contribution in [3.63, 3.8) is 0 Å². The number of hydrogen-bond donors (Lipinski definition) is 1. The average Bonchev–Trinajstić information content (AvgIpc) is 3.08. The molecule has 0 aliphatic carbocycles. The number of methoxy groups -OCH3 is 1. The molecule has 0 saturated carbocycles. The molecule has 2 N–H and O–H groups in total. The molecule has 0 atom stereocenters. The van der Waals surface area contributed by atoms with Crippen LogP contribution in [0.5, 0.6) is 5.75 Å². The molecule has 4 aromatic rings. The normalized spacial score (nSPS) is 11.1. The number of para-hydroxylation sites is 1. The molecule has 1 aromatic carbocycles. The highest BCUT2D eigenvalue weighted by Gasteiger charge is 2.15. The second-order valence-electron chi connectivity index (χ2n) is 6.65. The maximum atomic E-state index is 6.12. The summed E-state index contributed by atoms with van der Waals surface area (Å²) in [6, 6.07) is 9.60. The number of rotatable bonds is 4. The first-order valence-electron chi connectivity index (χ1n) is 8.86. The van der Waals surface area contributed by atoms with Gasteiger partial charge in [0.15, 0.2) is 5.82 Å². The maximum absolute atomic E-state index is 6.12. The lowest BCUT2D eigenvalue weighted by molar-refractivity contribution is 0.406. The van der Waals surface area contributed by atoms with Crippen LogP contribution in [0.2, 0.25) is 0 Å². The van der Waals surface area contributed by atoms with Crippen LogP contribution in [-0.2, 0) is 6.54 Å². The van der Waals surface area contributed by atoms with Gasteiger partial charge >= 0.3 is 0 Å². The van der Waals surface area contributed by atoms with E-state index in [-0.39, 0.29) is 0 Å². The van der Waals surface area contributed by atoms with Crippen LogP contribution in [0.1, 0.15) is 16.8 Å². The van der Waals surface area contributed by atoms with Crippen LogP contribution in [0.15, 0.2) is 47.3 Å². The van der Waals surface area contributed by atoms with Crippen molar-refractivity contribution in [3.05, 3.63) is 64.1 Å².